The zero-order valence-electron chi connectivity index (χ0n) is 62.3. The molecule has 11 aromatic rings. The number of benzene rings is 11. The maximum atomic E-state index is 11.5. The summed E-state index contributed by atoms with van der Waals surface area (Å²) in [6, 6.07) is 56.0. The summed E-state index contributed by atoms with van der Waals surface area (Å²) < 4.78 is 0. The van der Waals surface area contributed by atoms with Crippen LogP contribution in [0.4, 0.5) is 0 Å². The lowest BCUT2D eigenvalue weighted by Gasteiger charge is -2.24. The van der Waals surface area contributed by atoms with Crippen molar-refractivity contribution in [1.82, 2.24) is 0 Å². The Morgan fingerprint density at radius 2 is 0.245 bits per heavy atom. The Bertz CT molecular complexity index is 4430. The monoisotopic (exact) mass is 1370 g/mol. The highest BCUT2D eigenvalue weighted by atomic mass is 16.3. The lowest BCUT2D eigenvalue weighted by molar-refractivity contribution is 0.443. The molecule has 0 aliphatic carbocycles. The number of hydrogen-bond donors (Lipinski definition) is 11. The van der Waals surface area contributed by atoms with Gasteiger partial charge in [-0.3, -0.25) is 0 Å². The molecule has 0 saturated carbocycles. The molecule has 11 aromatic carbocycles. The molecule has 0 saturated heterocycles. The van der Waals surface area contributed by atoms with Gasteiger partial charge in [0.25, 0.3) is 0 Å². The van der Waals surface area contributed by atoms with E-state index in [0.717, 1.165) is 139 Å². The third-order valence-electron chi connectivity index (χ3n) is 19.9. The van der Waals surface area contributed by atoms with Gasteiger partial charge in [0.1, 0.15) is 63.2 Å². The van der Waals surface area contributed by atoms with Gasteiger partial charge >= 0.3 is 0 Å². The van der Waals surface area contributed by atoms with Gasteiger partial charge in [0, 0.05) is 119 Å². The Labute approximate surface area is 603 Å². The summed E-state index contributed by atoms with van der Waals surface area (Å²) in [4.78, 5) is 0. The number of phenolic OH excluding ortho intramolecular Hbond substituents is 11. The van der Waals surface area contributed by atoms with Crippen LogP contribution in [0.2, 0.25) is 0 Å². The van der Waals surface area contributed by atoms with Crippen molar-refractivity contribution >= 4 is 0 Å². The summed E-state index contributed by atoms with van der Waals surface area (Å²) in [5.41, 5.74) is 22.5. The minimum absolute atomic E-state index is 0.0372. The van der Waals surface area contributed by atoms with Gasteiger partial charge in [0.15, 0.2) is 0 Å². The quantitative estimate of drug-likeness (QED) is 0.0491. The molecule has 0 spiro atoms. The second-order valence-corrected chi connectivity index (χ2v) is 28.4. The molecule has 0 fully saturated rings. The zero-order chi connectivity index (χ0) is 75.0. The van der Waals surface area contributed by atoms with Crippen molar-refractivity contribution in [2.45, 2.75) is 166 Å². The van der Waals surface area contributed by atoms with Crippen molar-refractivity contribution in [2.24, 2.45) is 0 Å². The van der Waals surface area contributed by atoms with Crippen molar-refractivity contribution in [3.63, 3.8) is 0 Å². The Morgan fingerprint density at radius 3 is 0.373 bits per heavy atom. The van der Waals surface area contributed by atoms with Crippen molar-refractivity contribution < 1.29 is 56.2 Å². The zero-order valence-corrected chi connectivity index (χ0v) is 62.3. The van der Waals surface area contributed by atoms with Crippen LogP contribution in [-0.2, 0) is 0 Å². The molecule has 11 heteroatoms. The van der Waals surface area contributed by atoms with E-state index in [1.165, 1.54) is 0 Å². The van der Waals surface area contributed by atoms with Crippen molar-refractivity contribution in [3.8, 4) is 63.2 Å². The molecular formula is C91H102O11. The molecule has 0 aliphatic heterocycles. The first-order valence-electron chi connectivity index (χ1n) is 34.9. The van der Waals surface area contributed by atoms with Crippen LogP contribution in [-0.4, -0.2) is 56.2 Å². The summed E-state index contributed by atoms with van der Waals surface area (Å²) in [7, 11) is 0. The first-order valence-corrected chi connectivity index (χ1v) is 34.9. The fourth-order valence-electron chi connectivity index (χ4n) is 13.8. The average molecular weight is 1370 g/mol. The fourth-order valence-corrected chi connectivity index (χ4v) is 13.8. The topological polar surface area (TPSA) is 223 Å². The van der Waals surface area contributed by atoms with Gasteiger partial charge in [-0.05, 0) is 125 Å². The summed E-state index contributed by atoms with van der Waals surface area (Å²) in [6.07, 6.45) is 0. The van der Waals surface area contributed by atoms with E-state index in [4.69, 9.17) is 0 Å². The summed E-state index contributed by atoms with van der Waals surface area (Å²) >= 11 is 0. The summed E-state index contributed by atoms with van der Waals surface area (Å²) in [5, 5.41) is 116. The predicted octanol–water partition coefficient (Wildman–Crippen LogP) is 22.0. The second-order valence-electron chi connectivity index (χ2n) is 28.4. The van der Waals surface area contributed by atoms with Gasteiger partial charge in [-0.2, -0.15) is 0 Å². The third-order valence-corrected chi connectivity index (χ3v) is 19.9. The highest BCUT2D eigenvalue weighted by Crippen LogP contribution is 2.48. The van der Waals surface area contributed by atoms with Crippen LogP contribution in [0.3, 0.4) is 0 Å². The fraction of sp³-hybridized carbons (Fsp3) is 0.275. The van der Waals surface area contributed by atoms with E-state index in [0.29, 0.717) is 0 Å². The van der Waals surface area contributed by atoms with Crippen LogP contribution in [0.15, 0.2) is 182 Å². The standard InChI is InChI=1S/C34H38O4.C25H28O3.2C16H18O2/c1-18-8-10-31(35)25(12-18)22(5)27-14-20(3)16-29(33(27)37)24(7)30-17-21(4)15-28(34(30)38)23(6)26-13-19(2)9-11-32(26)36;1-14-6-8-23(26)19(10-14)17(4)21-12-16(3)13-22(25(21)28)18(5)20-11-15(2)7-9-24(20)27;2*1-10-4-6-15(17)13(8-10)12(3)14-9-11(2)5-7-16(14)18/h8-17,22-24,35-38H,1-7H3;6-13,17-18,26-28H,1-5H3;2*4-9,12,17-18H,1-3H3. The molecule has 0 aliphatic rings. The third kappa shape index (κ3) is 17.9. The maximum absolute atomic E-state index is 11.5. The lowest BCUT2D eigenvalue weighted by atomic mass is 9.82. The molecule has 0 bridgehead atoms. The largest absolute Gasteiger partial charge is 0.508 e. The van der Waals surface area contributed by atoms with E-state index in [-0.39, 0.29) is 105 Å². The molecule has 0 heterocycles. The maximum Gasteiger partial charge on any atom is 0.123 e. The van der Waals surface area contributed by atoms with E-state index >= 15 is 0 Å². The molecular weight excluding hydrogens is 1270 g/mol. The van der Waals surface area contributed by atoms with E-state index in [9.17, 15) is 56.2 Å². The Hall–Kier alpha value is -10.8. The van der Waals surface area contributed by atoms with Crippen LogP contribution < -0.4 is 0 Å². The SMILES string of the molecule is Cc1ccc(O)c(C(C)c2cc(C)cc(C(C)c3cc(C)cc(C(C)c4cc(C)ccc4O)c3O)c2O)c1.Cc1ccc(O)c(C(C)c2cc(C)cc(C(C)c3cc(C)ccc3O)c2O)c1.Cc1ccc(O)c(C(C)c2cc(C)ccc2O)c1.Cc1ccc(O)c(C(C)c2cc(C)ccc2O)c1. The first kappa shape index (κ1) is 77.0. The van der Waals surface area contributed by atoms with Crippen molar-refractivity contribution in [1.29, 1.82) is 0 Å². The van der Waals surface area contributed by atoms with Crippen molar-refractivity contribution in [2.75, 3.05) is 0 Å². The highest BCUT2D eigenvalue weighted by molar-refractivity contribution is 5.60. The minimum Gasteiger partial charge on any atom is -0.508 e. The molecule has 11 nitrogen and oxygen atoms in total. The van der Waals surface area contributed by atoms with E-state index in [1.807, 2.05) is 258 Å². The van der Waals surface area contributed by atoms with Crippen LogP contribution in [0.5, 0.6) is 63.2 Å². The van der Waals surface area contributed by atoms with Gasteiger partial charge in [0.2, 0.25) is 0 Å². The van der Waals surface area contributed by atoms with Crippen LogP contribution in [0.25, 0.3) is 0 Å². The van der Waals surface area contributed by atoms with Gasteiger partial charge in [-0.25, -0.2) is 0 Å². The molecule has 4 atom stereocenters. The van der Waals surface area contributed by atoms with Gasteiger partial charge in [-0.15, -0.1) is 0 Å². The minimum atomic E-state index is -0.302. The normalized spacial score (nSPS) is 12.6. The average Bonchev–Trinajstić information content (AvgIpc) is 0.780. The Morgan fingerprint density at radius 1 is 0.147 bits per heavy atom. The summed E-state index contributed by atoms with van der Waals surface area (Å²) in [6.45, 7) is 35.8. The van der Waals surface area contributed by atoms with Crippen LogP contribution in [0.1, 0.15) is 229 Å². The predicted molar refractivity (Wildman–Crippen MR) is 414 cm³/mol. The number of aryl methyl sites for hydroxylation is 11. The second kappa shape index (κ2) is 32.7. The Balaban J connectivity index is 0.000000181. The van der Waals surface area contributed by atoms with E-state index in [2.05, 4.69) is 0 Å². The smallest absolute Gasteiger partial charge is 0.123 e. The molecule has 4 unspecified atom stereocenters. The lowest BCUT2D eigenvalue weighted by Crippen LogP contribution is -2.06. The Kier molecular flexibility index (Phi) is 24.7. The first-order chi connectivity index (χ1) is 48.0. The number of rotatable bonds is 14. The molecule has 0 radical (unpaired) electrons. The number of aromatic hydroxyl groups is 11. The van der Waals surface area contributed by atoms with Crippen molar-refractivity contribution in [3.05, 3.63) is 321 Å². The van der Waals surface area contributed by atoms with Gasteiger partial charge in [-0.1, -0.05) is 243 Å². The molecule has 11 rings (SSSR count). The molecule has 0 aromatic heterocycles. The van der Waals surface area contributed by atoms with Gasteiger partial charge < -0.3 is 56.2 Å². The summed E-state index contributed by atoms with van der Waals surface area (Å²) in [5.74, 6) is 1.33. The van der Waals surface area contributed by atoms with E-state index < -0.39 is 0 Å². The highest BCUT2D eigenvalue weighted by Gasteiger charge is 2.28. The van der Waals surface area contributed by atoms with Crippen LogP contribution in [0, 0.1) is 76.2 Å². The molecule has 102 heavy (non-hydrogen) atoms. The molecule has 11 N–H and O–H groups in total. The van der Waals surface area contributed by atoms with Gasteiger partial charge in [0.05, 0.1) is 0 Å². The van der Waals surface area contributed by atoms with E-state index in [1.54, 1.807) is 48.5 Å². The molecule has 532 valence electrons. The van der Waals surface area contributed by atoms with Crippen LogP contribution >= 0.6 is 0 Å². The molecule has 0 amide bonds. The number of hydrogen-bond acceptors (Lipinski definition) is 11. The number of phenols is 11.